The van der Waals surface area contributed by atoms with Crippen molar-refractivity contribution < 1.29 is 9.53 Å². The Morgan fingerprint density at radius 3 is 2.60 bits per heavy atom. The van der Waals surface area contributed by atoms with Gasteiger partial charge in [-0.15, -0.1) is 0 Å². The number of primary amides is 1. The Hall–Kier alpha value is -0.610. The molecule has 1 aliphatic carbocycles. The molecule has 1 fully saturated rings. The summed E-state index contributed by atoms with van der Waals surface area (Å²) in [7, 11) is 1.65. The van der Waals surface area contributed by atoms with Gasteiger partial charge in [0.15, 0.2) is 0 Å². The van der Waals surface area contributed by atoms with Crippen LogP contribution in [-0.4, -0.2) is 31.2 Å². The molecule has 88 valence electrons. The van der Waals surface area contributed by atoms with Gasteiger partial charge in [-0.25, -0.2) is 0 Å². The first-order chi connectivity index (χ1) is 6.94. The van der Waals surface area contributed by atoms with Crippen molar-refractivity contribution in [1.29, 1.82) is 0 Å². The standard InChI is InChI=1S/C11H22N2O2/c1-11(2,15-3)6-9(10(12)14)13-7-8-4-5-8/h8-9,13H,4-7H2,1-3H3,(H2,12,14). The van der Waals surface area contributed by atoms with Gasteiger partial charge in [0.05, 0.1) is 11.6 Å². The van der Waals surface area contributed by atoms with Crippen LogP contribution in [0, 0.1) is 5.92 Å². The van der Waals surface area contributed by atoms with Gasteiger partial charge in [0, 0.05) is 13.5 Å². The first-order valence-electron chi connectivity index (χ1n) is 5.52. The molecule has 0 aliphatic heterocycles. The number of hydrogen-bond donors (Lipinski definition) is 2. The van der Waals surface area contributed by atoms with Gasteiger partial charge in [-0.05, 0) is 39.2 Å². The van der Waals surface area contributed by atoms with Crippen LogP contribution in [0.2, 0.25) is 0 Å². The molecule has 3 N–H and O–H groups in total. The molecule has 4 heteroatoms. The summed E-state index contributed by atoms with van der Waals surface area (Å²) in [6, 6.07) is -0.277. The van der Waals surface area contributed by atoms with E-state index >= 15 is 0 Å². The maximum atomic E-state index is 11.2. The van der Waals surface area contributed by atoms with E-state index in [4.69, 9.17) is 10.5 Å². The molecule has 0 aromatic rings. The van der Waals surface area contributed by atoms with Crippen LogP contribution < -0.4 is 11.1 Å². The summed E-state index contributed by atoms with van der Waals surface area (Å²) >= 11 is 0. The third-order valence-electron chi connectivity index (χ3n) is 2.94. The average Bonchev–Trinajstić information content (AvgIpc) is 2.95. The fourth-order valence-corrected chi connectivity index (χ4v) is 1.48. The Bertz CT molecular complexity index is 225. The largest absolute Gasteiger partial charge is 0.379 e. The molecule has 0 saturated heterocycles. The number of nitrogens with one attached hydrogen (secondary N) is 1. The second-order valence-corrected chi connectivity index (χ2v) is 4.97. The lowest BCUT2D eigenvalue weighted by atomic mass is 9.98. The van der Waals surface area contributed by atoms with E-state index in [0.29, 0.717) is 6.42 Å². The van der Waals surface area contributed by atoms with E-state index in [2.05, 4.69) is 5.32 Å². The molecule has 0 aromatic carbocycles. The highest BCUT2D eigenvalue weighted by molar-refractivity contribution is 5.79. The number of hydrogen-bond acceptors (Lipinski definition) is 3. The van der Waals surface area contributed by atoms with Crippen molar-refractivity contribution in [1.82, 2.24) is 5.32 Å². The summed E-state index contributed by atoms with van der Waals surface area (Å²) in [5, 5.41) is 3.22. The van der Waals surface area contributed by atoms with E-state index in [0.717, 1.165) is 12.5 Å². The minimum absolute atomic E-state index is 0.277. The molecule has 1 atom stereocenters. The highest BCUT2D eigenvalue weighted by Gasteiger charge is 2.28. The molecule has 1 aliphatic rings. The summed E-state index contributed by atoms with van der Waals surface area (Å²) < 4.78 is 5.29. The first-order valence-corrected chi connectivity index (χ1v) is 5.52. The molecule has 4 nitrogen and oxygen atoms in total. The van der Waals surface area contributed by atoms with Gasteiger partial charge in [-0.3, -0.25) is 4.79 Å². The van der Waals surface area contributed by atoms with Crippen LogP contribution in [0.25, 0.3) is 0 Å². The highest BCUT2D eigenvalue weighted by atomic mass is 16.5. The van der Waals surface area contributed by atoms with Gasteiger partial charge in [-0.2, -0.15) is 0 Å². The molecule has 0 radical (unpaired) electrons. The monoisotopic (exact) mass is 214 g/mol. The maximum Gasteiger partial charge on any atom is 0.234 e. The summed E-state index contributed by atoms with van der Waals surface area (Å²) in [5.41, 5.74) is 5.04. The first kappa shape index (κ1) is 12.5. The number of rotatable bonds is 7. The Kier molecular flexibility index (Phi) is 4.11. The maximum absolute atomic E-state index is 11.2. The van der Waals surface area contributed by atoms with Crippen LogP contribution >= 0.6 is 0 Å². The van der Waals surface area contributed by atoms with Crippen molar-refractivity contribution in [3.63, 3.8) is 0 Å². The Balaban J connectivity index is 2.38. The van der Waals surface area contributed by atoms with E-state index in [-0.39, 0.29) is 17.6 Å². The topological polar surface area (TPSA) is 64.3 Å². The van der Waals surface area contributed by atoms with Crippen molar-refractivity contribution in [2.75, 3.05) is 13.7 Å². The van der Waals surface area contributed by atoms with Crippen molar-refractivity contribution in [3.05, 3.63) is 0 Å². The summed E-state index contributed by atoms with van der Waals surface area (Å²) in [5.74, 6) is 0.457. The van der Waals surface area contributed by atoms with E-state index in [1.807, 2.05) is 13.8 Å². The van der Waals surface area contributed by atoms with Crippen molar-refractivity contribution in [3.8, 4) is 0 Å². The second-order valence-electron chi connectivity index (χ2n) is 4.97. The zero-order valence-corrected chi connectivity index (χ0v) is 9.88. The average molecular weight is 214 g/mol. The number of ether oxygens (including phenoxy) is 1. The normalized spacial score (nSPS) is 18.9. The summed E-state index contributed by atoms with van der Waals surface area (Å²) in [6.07, 6.45) is 3.16. The molecule has 0 aromatic heterocycles. The molecule has 1 saturated carbocycles. The Morgan fingerprint density at radius 1 is 1.60 bits per heavy atom. The third-order valence-corrected chi connectivity index (χ3v) is 2.94. The number of amides is 1. The van der Waals surface area contributed by atoms with Gasteiger partial charge in [0.2, 0.25) is 5.91 Å². The fraction of sp³-hybridized carbons (Fsp3) is 0.909. The molecule has 0 bridgehead atoms. The Morgan fingerprint density at radius 2 is 2.20 bits per heavy atom. The van der Waals surface area contributed by atoms with Crippen LogP contribution in [0.1, 0.15) is 33.1 Å². The number of carbonyl (C=O) groups is 1. The lowest BCUT2D eigenvalue weighted by Gasteiger charge is -2.27. The molecule has 0 spiro atoms. The van der Waals surface area contributed by atoms with Gasteiger partial charge < -0.3 is 15.8 Å². The zero-order valence-electron chi connectivity index (χ0n) is 9.88. The second kappa shape index (κ2) is 4.94. The molecular weight excluding hydrogens is 192 g/mol. The van der Waals surface area contributed by atoms with Crippen molar-refractivity contribution >= 4 is 5.91 Å². The Labute approximate surface area is 91.5 Å². The minimum atomic E-state index is -0.309. The van der Waals surface area contributed by atoms with Crippen molar-refractivity contribution in [2.24, 2.45) is 11.7 Å². The molecular formula is C11H22N2O2. The van der Waals surface area contributed by atoms with E-state index in [1.54, 1.807) is 7.11 Å². The molecule has 1 unspecified atom stereocenters. The van der Waals surface area contributed by atoms with Crippen LogP contribution in [0.4, 0.5) is 0 Å². The van der Waals surface area contributed by atoms with Gasteiger partial charge in [-0.1, -0.05) is 0 Å². The SMILES string of the molecule is COC(C)(C)CC(NCC1CC1)C(N)=O. The molecule has 1 rings (SSSR count). The zero-order chi connectivity index (χ0) is 11.5. The summed E-state index contributed by atoms with van der Waals surface area (Å²) in [6.45, 7) is 4.82. The number of methoxy groups -OCH3 is 1. The van der Waals surface area contributed by atoms with E-state index in [1.165, 1.54) is 12.8 Å². The lowest BCUT2D eigenvalue weighted by Crippen LogP contribution is -2.46. The van der Waals surface area contributed by atoms with Crippen LogP contribution in [0.5, 0.6) is 0 Å². The molecule has 1 amide bonds. The number of nitrogens with two attached hydrogens (primary N) is 1. The predicted molar refractivity (Wildman–Crippen MR) is 59.4 cm³/mol. The fourth-order valence-electron chi connectivity index (χ4n) is 1.48. The summed E-state index contributed by atoms with van der Waals surface area (Å²) in [4.78, 5) is 11.2. The number of carbonyl (C=O) groups excluding carboxylic acids is 1. The van der Waals surface area contributed by atoms with E-state index in [9.17, 15) is 4.79 Å². The highest BCUT2D eigenvalue weighted by Crippen LogP contribution is 2.28. The van der Waals surface area contributed by atoms with Gasteiger partial charge >= 0.3 is 0 Å². The van der Waals surface area contributed by atoms with Gasteiger partial charge in [0.25, 0.3) is 0 Å². The minimum Gasteiger partial charge on any atom is -0.379 e. The van der Waals surface area contributed by atoms with Crippen LogP contribution in [0.3, 0.4) is 0 Å². The van der Waals surface area contributed by atoms with E-state index < -0.39 is 0 Å². The third kappa shape index (κ3) is 4.62. The smallest absolute Gasteiger partial charge is 0.234 e. The predicted octanol–water partition coefficient (Wildman–Crippen LogP) is 0.655. The van der Waals surface area contributed by atoms with Crippen molar-refractivity contribution in [2.45, 2.75) is 44.8 Å². The lowest BCUT2D eigenvalue weighted by molar-refractivity contribution is -0.121. The molecule has 0 heterocycles. The van der Waals surface area contributed by atoms with Crippen LogP contribution in [-0.2, 0) is 9.53 Å². The van der Waals surface area contributed by atoms with Gasteiger partial charge in [0.1, 0.15) is 0 Å². The quantitative estimate of drug-likeness (QED) is 0.654. The molecule has 15 heavy (non-hydrogen) atoms. The van der Waals surface area contributed by atoms with Crippen LogP contribution in [0.15, 0.2) is 0 Å².